The second kappa shape index (κ2) is 8.82. The van der Waals surface area contributed by atoms with E-state index in [0.29, 0.717) is 19.0 Å². The van der Waals surface area contributed by atoms with Crippen LogP contribution in [0.15, 0.2) is 48.0 Å². The summed E-state index contributed by atoms with van der Waals surface area (Å²) >= 11 is 0. The Morgan fingerprint density at radius 3 is 2.61 bits per heavy atom. The van der Waals surface area contributed by atoms with E-state index in [4.69, 9.17) is 10.5 Å². The van der Waals surface area contributed by atoms with E-state index in [2.05, 4.69) is 22.2 Å². The van der Waals surface area contributed by atoms with Crippen LogP contribution in [0.4, 0.5) is 4.79 Å². The molecule has 1 rings (SSSR count). The Labute approximate surface area is 137 Å². The average molecular weight is 318 g/mol. The second-order valence-electron chi connectivity index (χ2n) is 6.01. The molecular formula is C17H26N4O2. The van der Waals surface area contributed by atoms with E-state index in [1.54, 1.807) is 6.08 Å². The van der Waals surface area contributed by atoms with Crippen molar-refractivity contribution in [1.29, 1.82) is 0 Å². The van der Waals surface area contributed by atoms with Gasteiger partial charge < -0.3 is 21.1 Å². The lowest BCUT2D eigenvalue weighted by Gasteiger charge is -2.23. The molecule has 0 aromatic heterocycles. The Hall–Kier alpha value is -2.50. The first kappa shape index (κ1) is 18.5. The van der Waals surface area contributed by atoms with Crippen molar-refractivity contribution in [1.82, 2.24) is 10.6 Å². The molecule has 6 heteroatoms. The average Bonchev–Trinajstić information content (AvgIpc) is 2.48. The van der Waals surface area contributed by atoms with Gasteiger partial charge in [-0.3, -0.25) is 4.99 Å². The van der Waals surface area contributed by atoms with Gasteiger partial charge in [0.05, 0.1) is 12.6 Å². The van der Waals surface area contributed by atoms with Gasteiger partial charge in [-0.25, -0.2) is 4.79 Å². The van der Waals surface area contributed by atoms with E-state index in [0.717, 1.165) is 5.56 Å². The maximum Gasteiger partial charge on any atom is 0.408 e. The number of nitrogens with one attached hydrogen (secondary N) is 2. The minimum absolute atomic E-state index is 0.303. The maximum atomic E-state index is 12.0. The van der Waals surface area contributed by atoms with Gasteiger partial charge in [0.2, 0.25) is 0 Å². The van der Waals surface area contributed by atoms with Crippen molar-refractivity contribution in [2.45, 2.75) is 32.4 Å². The van der Waals surface area contributed by atoms with Crippen LogP contribution in [-0.4, -0.2) is 30.7 Å². The van der Waals surface area contributed by atoms with Crippen LogP contribution in [-0.2, 0) is 4.74 Å². The van der Waals surface area contributed by atoms with Gasteiger partial charge in [-0.15, -0.1) is 6.58 Å². The van der Waals surface area contributed by atoms with Gasteiger partial charge in [0.1, 0.15) is 5.60 Å². The predicted octanol–water partition coefficient (Wildman–Crippen LogP) is 2.34. The monoisotopic (exact) mass is 318 g/mol. The zero-order valence-corrected chi connectivity index (χ0v) is 14.0. The van der Waals surface area contributed by atoms with Gasteiger partial charge in [0.15, 0.2) is 5.96 Å². The number of rotatable bonds is 6. The van der Waals surface area contributed by atoms with Crippen LogP contribution < -0.4 is 16.4 Å². The van der Waals surface area contributed by atoms with Gasteiger partial charge in [0.25, 0.3) is 0 Å². The molecule has 0 heterocycles. The molecule has 4 N–H and O–H groups in total. The standard InChI is InChI=1S/C17H26N4O2/c1-5-11-19-15(18)20-12-14(13-9-7-6-8-10-13)21-16(22)23-17(2,3)4/h5-10,14H,1,11-12H2,2-4H3,(H,21,22)(H3,18,19,20). The number of carbonyl (C=O) groups is 1. The summed E-state index contributed by atoms with van der Waals surface area (Å²) in [7, 11) is 0. The molecule has 0 fully saturated rings. The summed E-state index contributed by atoms with van der Waals surface area (Å²) in [5.74, 6) is 0.303. The molecule has 0 aliphatic heterocycles. The first-order chi connectivity index (χ1) is 10.8. The van der Waals surface area contributed by atoms with E-state index in [1.807, 2.05) is 51.1 Å². The lowest BCUT2D eigenvalue weighted by Crippen LogP contribution is -2.37. The lowest BCUT2D eigenvalue weighted by molar-refractivity contribution is 0.0505. The molecule has 6 nitrogen and oxygen atoms in total. The van der Waals surface area contributed by atoms with Gasteiger partial charge in [-0.1, -0.05) is 36.4 Å². The van der Waals surface area contributed by atoms with Crippen molar-refractivity contribution in [2.24, 2.45) is 10.7 Å². The lowest BCUT2D eigenvalue weighted by atomic mass is 10.1. The van der Waals surface area contributed by atoms with E-state index in [9.17, 15) is 4.79 Å². The smallest absolute Gasteiger partial charge is 0.408 e. The van der Waals surface area contributed by atoms with Crippen LogP contribution in [0.3, 0.4) is 0 Å². The Bertz CT molecular complexity index is 535. The summed E-state index contributed by atoms with van der Waals surface area (Å²) in [5.41, 5.74) is 6.14. The highest BCUT2D eigenvalue weighted by molar-refractivity contribution is 5.78. The zero-order valence-electron chi connectivity index (χ0n) is 14.0. The number of alkyl carbamates (subject to hydrolysis) is 1. The number of aliphatic imine (C=N–C) groups is 1. The predicted molar refractivity (Wildman–Crippen MR) is 93.2 cm³/mol. The Morgan fingerprint density at radius 1 is 1.39 bits per heavy atom. The molecule has 0 bridgehead atoms. The minimum atomic E-state index is -0.556. The molecule has 23 heavy (non-hydrogen) atoms. The van der Waals surface area contributed by atoms with Crippen molar-refractivity contribution in [2.75, 3.05) is 13.1 Å². The fourth-order valence-electron chi connectivity index (χ4n) is 1.79. The normalized spacial score (nSPS) is 13.1. The molecular weight excluding hydrogens is 292 g/mol. The third kappa shape index (κ3) is 7.90. The van der Waals surface area contributed by atoms with Crippen molar-refractivity contribution in [3.63, 3.8) is 0 Å². The van der Waals surface area contributed by atoms with Crippen LogP contribution in [0.5, 0.6) is 0 Å². The molecule has 1 atom stereocenters. The maximum absolute atomic E-state index is 12.0. The number of amides is 1. The fraction of sp³-hybridized carbons (Fsp3) is 0.412. The van der Waals surface area contributed by atoms with Crippen molar-refractivity contribution < 1.29 is 9.53 Å². The number of benzene rings is 1. The van der Waals surface area contributed by atoms with Gasteiger partial charge >= 0.3 is 6.09 Å². The first-order valence-electron chi connectivity index (χ1n) is 7.51. The molecule has 0 saturated carbocycles. The molecule has 0 aliphatic carbocycles. The minimum Gasteiger partial charge on any atom is -0.444 e. The highest BCUT2D eigenvalue weighted by Gasteiger charge is 2.20. The fourth-order valence-corrected chi connectivity index (χ4v) is 1.79. The number of carbonyl (C=O) groups excluding carboxylic acids is 1. The van der Waals surface area contributed by atoms with Crippen molar-refractivity contribution >= 4 is 12.1 Å². The Morgan fingerprint density at radius 2 is 2.04 bits per heavy atom. The molecule has 1 unspecified atom stereocenters. The van der Waals surface area contributed by atoms with Crippen molar-refractivity contribution in [3.05, 3.63) is 48.6 Å². The number of nitrogens with two attached hydrogens (primary N) is 1. The van der Waals surface area contributed by atoms with Gasteiger partial charge in [-0.2, -0.15) is 0 Å². The summed E-state index contributed by atoms with van der Waals surface area (Å²) in [5, 5.41) is 5.73. The summed E-state index contributed by atoms with van der Waals surface area (Å²) in [6, 6.07) is 9.24. The highest BCUT2D eigenvalue weighted by atomic mass is 16.6. The molecule has 1 aromatic rings. The van der Waals surface area contributed by atoms with Crippen molar-refractivity contribution in [3.8, 4) is 0 Å². The largest absolute Gasteiger partial charge is 0.444 e. The quantitative estimate of drug-likeness (QED) is 0.427. The summed E-state index contributed by atoms with van der Waals surface area (Å²) < 4.78 is 5.30. The van der Waals surface area contributed by atoms with E-state index in [-0.39, 0.29) is 6.04 Å². The molecule has 0 saturated heterocycles. The summed E-state index contributed by atoms with van der Waals surface area (Å²) in [6.45, 7) is 9.90. The molecule has 1 amide bonds. The molecule has 1 aromatic carbocycles. The third-order valence-corrected chi connectivity index (χ3v) is 2.76. The Balaban J connectivity index is 2.78. The number of hydrogen-bond acceptors (Lipinski definition) is 3. The Kier molecular flexibility index (Phi) is 7.12. The van der Waals surface area contributed by atoms with E-state index >= 15 is 0 Å². The number of nitrogens with zero attached hydrogens (tertiary/aromatic N) is 1. The van der Waals surface area contributed by atoms with E-state index in [1.165, 1.54) is 0 Å². The SMILES string of the molecule is C=CCNC(N)=NCC(NC(=O)OC(C)(C)C)c1ccccc1. The van der Waals surface area contributed by atoms with Crippen LogP contribution in [0, 0.1) is 0 Å². The number of ether oxygens (including phenoxy) is 1. The number of hydrogen-bond donors (Lipinski definition) is 3. The third-order valence-electron chi connectivity index (χ3n) is 2.76. The molecule has 0 radical (unpaired) electrons. The van der Waals surface area contributed by atoms with Crippen LogP contribution in [0.1, 0.15) is 32.4 Å². The number of guanidine groups is 1. The zero-order chi connectivity index (χ0) is 17.3. The highest BCUT2D eigenvalue weighted by Crippen LogP contribution is 2.15. The van der Waals surface area contributed by atoms with Crippen LogP contribution in [0.2, 0.25) is 0 Å². The summed E-state index contributed by atoms with van der Waals surface area (Å²) in [6.07, 6.45) is 1.20. The topological polar surface area (TPSA) is 88.7 Å². The van der Waals surface area contributed by atoms with Gasteiger partial charge in [0, 0.05) is 6.54 Å². The summed E-state index contributed by atoms with van der Waals surface area (Å²) in [4.78, 5) is 16.3. The first-order valence-corrected chi connectivity index (χ1v) is 7.51. The van der Waals surface area contributed by atoms with Crippen LogP contribution >= 0.6 is 0 Å². The molecule has 126 valence electrons. The van der Waals surface area contributed by atoms with E-state index < -0.39 is 11.7 Å². The van der Waals surface area contributed by atoms with Crippen LogP contribution in [0.25, 0.3) is 0 Å². The molecule has 0 spiro atoms. The molecule has 0 aliphatic rings. The van der Waals surface area contributed by atoms with Gasteiger partial charge in [-0.05, 0) is 26.3 Å². The second-order valence-corrected chi connectivity index (χ2v) is 6.01.